The maximum Gasteiger partial charge on any atom is 0.316 e. The molecule has 1 aliphatic rings. The zero-order valence-corrected chi connectivity index (χ0v) is 10.7. The standard InChI is InChI=1S/C14H17NO4/c16-14(15-17)12-1-3-13(4-2-12)19-10-7-11-5-8-18-9-6-11/h1-4,11H,5-10H2. The summed E-state index contributed by atoms with van der Waals surface area (Å²) in [6.07, 6.45) is 3.21. The third-order valence-electron chi connectivity index (χ3n) is 3.32. The lowest BCUT2D eigenvalue weighted by molar-refractivity contribution is 0.0593. The Morgan fingerprint density at radius 3 is 2.58 bits per heavy atom. The molecule has 1 aromatic rings. The van der Waals surface area contributed by atoms with Crippen molar-refractivity contribution in [3.63, 3.8) is 0 Å². The van der Waals surface area contributed by atoms with E-state index < -0.39 is 5.91 Å². The van der Waals surface area contributed by atoms with Gasteiger partial charge in [0, 0.05) is 24.0 Å². The van der Waals surface area contributed by atoms with E-state index in [9.17, 15) is 9.70 Å². The quantitative estimate of drug-likeness (QED) is 0.766. The van der Waals surface area contributed by atoms with Crippen LogP contribution >= 0.6 is 0 Å². The van der Waals surface area contributed by atoms with Gasteiger partial charge in [-0.15, -0.1) is 4.91 Å². The Morgan fingerprint density at radius 2 is 1.95 bits per heavy atom. The number of nitroso groups, excluding NO2 is 1. The SMILES string of the molecule is O=NC(=O)c1ccc(OCCC2CCOCC2)cc1. The predicted octanol–water partition coefficient (Wildman–Crippen LogP) is 2.79. The van der Waals surface area contributed by atoms with Crippen molar-refractivity contribution in [3.8, 4) is 5.75 Å². The molecular formula is C14H17NO4. The molecule has 1 aliphatic heterocycles. The third-order valence-corrected chi connectivity index (χ3v) is 3.32. The van der Waals surface area contributed by atoms with Crippen LogP contribution in [0.1, 0.15) is 29.6 Å². The molecule has 1 amide bonds. The zero-order valence-electron chi connectivity index (χ0n) is 10.7. The van der Waals surface area contributed by atoms with Crippen LogP contribution in [0.15, 0.2) is 29.4 Å². The number of rotatable bonds is 5. The largest absolute Gasteiger partial charge is 0.494 e. The Balaban J connectivity index is 1.76. The number of carbonyl (C=O) groups is 1. The third kappa shape index (κ3) is 4.13. The van der Waals surface area contributed by atoms with Gasteiger partial charge in [0.05, 0.1) is 6.61 Å². The van der Waals surface area contributed by atoms with Gasteiger partial charge in [0.1, 0.15) is 5.75 Å². The van der Waals surface area contributed by atoms with Crippen molar-refractivity contribution < 1.29 is 14.3 Å². The Bertz CT molecular complexity index is 424. The monoisotopic (exact) mass is 263 g/mol. The summed E-state index contributed by atoms with van der Waals surface area (Å²) < 4.78 is 10.9. The van der Waals surface area contributed by atoms with Crippen molar-refractivity contribution >= 4 is 5.91 Å². The lowest BCUT2D eigenvalue weighted by atomic mass is 9.97. The van der Waals surface area contributed by atoms with E-state index in [1.165, 1.54) is 0 Å². The van der Waals surface area contributed by atoms with E-state index in [1.807, 2.05) is 0 Å². The van der Waals surface area contributed by atoms with Gasteiger partial charge in [-0.25, -0.2) is 0 Å². The minimum atomic E-state index is -0.756. The topological polar surface area (TPSA) is 65.0 Å². The summed E-state index contributed by atoms with van der Waals surface area (Å²) in [4.78, 5) is 21.1. The molecule has 0 aliphatic carbocycles. The van der Waals surface area contributed by atoms with Crippen LogP contribution in [0.2, 0.25) is 0 Å². The molecule has 102 valence electrons. The molecule has 2 rings (SSSR count). The Hall–Kier alpha value is -1.75. The van der Waals surface area contributed by atoms with E-state index in [4.69, 9.17) is 9.47 Å². The summed E-state index contributed by atoms with van der Waals surface area (Å²) in [6, 6.07) is 6.46. The summed E-state index contributed by atoms with van der Waals surface area (Å²) in [5, 5.41) is 2.37. The van der Waals surface area contributed by atoms with Gasteiger partial charge in [0.25, 0.3) is 0 Å². The van der Waals surface area contributed by atoms with Gasteiger partial charge in [-0.05, 0) is 49.4 Å². The van der Waals surface area contributed by atoms with Gasteiger partial charge in [0.15, 0.2) is 0 Å². The molecule has 19 heavy (non-hydrogen) atoms. The van der Waals surface area contributed by atoms with Crippen molar-refractivity contribution in [1.29, 1.82) is 0 Å². The molecule has 0 radical (unpaired) electrons. The smallest absolute Gasteiger partial charge is 0.316 e. The Kier molecular flexibility index (Phi) is 5.03. The van der Waals surface area contributed by atoms with E-state index in [0.717, 1.165) is 32.5 Å². The molecule has 1 saturated heterocycles. The first kappa shape index (κ1) is 13.7. The highest BCUT2D eigenvalue weighted by molar-refractivity contribution is 5.94. The molecule has 1 aromatic carbocycles. The molecule has 0 bridgehead atoms. The number of amides is 1. The van der Waals surface area contributed by atoms with E-state index in [-0.39, 0.29) is 5.56 Å². The maximum atomic E-state index is 11.0. The Morgan fingerprint density at radius 1 is 1.26 bits per heavy atom. The van der Waals surface area contributed by atoms with Gasteiger partial charge in [-0.2, -0.15) is 0 Å². The van der Waals surface area contributed by atoms with Gasteiger partial charge in [-0.1, -0.05) is 0 Å². The number of hydrogen-bond donors (Lipinski definition) is 0. The van der Waals surface area contributed by atoms with Crippen molar-refractivity contribution in [2.24, 2.45) is 11.1 Å². The van der Waals surface area contributed by atoms with Crippen molar-refractivity contribution in [2.75, 3.05) is 19.8 Å². The van der Waals surface area contributed by atoms with E-state index in [2.05, 4.69) is 5.18 Å². The molecule has 1 heterocycles. The lowest BCUT2D eigenvalue weighted by Gasteiger charge is -2.21. The normalized spacial score (nSPS) is 16.0. The highest BCUT2D eigenvalue weighted by Crippen LogP contribution is 2.19. The van der Waals surface area contributed by atoms with Gasteiger partial charge in [0.2, 0.25) is 0 Å². The second-order valence-corrected chi connectivity index (χ2v) is 4.61. The number of ether oxygens (including phenoxy) is 2. The average molecular weight is 263 g/mol. The lowest BCUT2D eigenvalue weighted by Crippen LogP contribution is -2.17. The van der Waals surface area contributed by atoms with Crippen LogP contribution in [0.3, 0.4) is 0 Å². The molecule has 5 nitrogen and oxygen atoms in total. The van der Waals surface area contributed by atoms with Crippen LogP contribution in [-0.2, 0) is 4.74 Å². The average Bonchev–Trinajstić information content (AvgIpc) is 2.48. The minimum Gasteiger partial charge on any atom is -0.494 e. The fourth-order valence-electron chi connectivity index (χ4n) is 2.12. The van der Waals surface area contributed by atoms with E-state index in [1.54, 1.807) is 24.3 Å². The number of nitrogens with zero attached hydrogens (tertiary/aromatic N) is 1. The molecule has 0 spiro atoms. The summed E-state index contributed by atoms with van der Waals surface area (Å²) >= 11 is 0. The van der Waals surface area contributed by atoms with Gasteiger partial charge >= 0.3 is 5.91 Å². The van der Waals surface area contributed by atoms with Crippen LogP contribution in [0.5, 0.6) is 5.75 Å². The zero-order chi connectivity index (χ0) is 13.5. The molecule has 0 unspecified atom stereocenters. The summed E-state index contributed by atoms with van der Waals surface area (Å²) in [6.45, 7) is 2.35. The van der Waals surface area contributed by atoms with Crippen LogP contribution < -0.4 is 4.74 Å². The highest BCUT2D eigenvalue weighted by atomic mass is 16.5. The molecule has 0 aromatic heterocycles. The number of carbonyl (C=O) groups excluding carboxylic acids is 1. The van der Waals surface area contributed by atoms with Crippen molar-refractivity contribution in [2.45, 2.75) is 19.3 Å². The summed E-state index contributed by atoms with van der Waals surface area (Å²) in [7, 11) is 0. The molecule has 5 heteroatoms. The molecule has 0 N–H and O–H groups in total. The van der Waals surface area contributed by atoms with Crippen LogP contribution in [0.25, 0.3) is 0 Å². The van der Waals surface area contributed by atoms with Crippen LogP contribution in [0.4, 0.5) is 0 Å². The first-order valence-electron chi connectivity index (χ1n) is 6.48. The Labute approximate surface area is 111 Å². The van der Waals surface area contributed by atoms with Gasteiger partial charge in [-0.3, -0.25) is 4.79 Å². The van der Waals surface area contributed by atoms with Gasteiger partial charge < -0.3 is 9.47 Å². The molecular weight excluding hydrogens is 246 g/mol. The second-order valence-electron chi connectivity index (χ2n) is 4.61. The summed E-state index contributed by atoms with van der Waals surface area (Å²) in [5.41, 5.74) is 0.284. The summed E-state index contributed by atoms with van der Waals surface area (Å²) in [5.74, 6) is 0.622. The van der Waals surface area contributed by atoms with E-state index >= 15 is 0 Å². The molecule has 1 fully saturated rings. The predicted molar refractivity (Wildman–Crippen MR) is 70.2 cm³/mol. The fourth-order valence-corrected chi connectivity index (χ4v) is 2.12. The first-order chi connectivity index (χ1) is 9.29. The maximum absolute atomic E-state index is 11.0. The molecule has 0 atom stereocenters. The second kappa shape index (κ2) is 6.99. The molecule has 0 saturated carbocycles. The van der Waals surface area contributed by atoms with Crippen molar-refractivity contribution in [3.05, 3.63) is 34.7 Å². The van der Waals surface area contributed by atoms with Crippen molar-refractivity contribution in [1.82, 2.24) is 0 Å². The number of benzene rings is 1. The fraction of sp³-hybridized carbons (Fsp3) is 0.500. The number of hydrogen-bond acceptors (Lipinski definition) is 4. The van der Waals surface area contributed by atoms with E-state index in [0.29, 0.717) is 18.3 Å². The van der Waals surface area contributed by atoms with Crippen LogP contribution in [0, 0.1) is 10.8 Å². The first-order valence-corrected chi connectivity index (χ1v) is 6.48. The highest BCUT2D eigenvalue weighted by Gasteiger charge is 2.13. The van der Waals surface area contributed by atoms with Crippen LogP contribution in [-0.4, -0.2) is 25.7 Å². The minimum absolute atomic E-state index is 0.284.